The number of rotatable bonds is 2. The number of amides is 1. The third-order valence-electron chi connectivity index (χ3n) is 6.99. The molecule has 0 aliphatic heterocycles. The van der Waals surface area contributed by atoms with Crippen molar-refractivity contribution in [2.45, 2.75) is 31.4 Å². The van der Waals surface area contributed by atoms with Crippen LogP contribution in [0.3, 0.4) is 0 Å². The van der Waals surface area contributed by atoms with E-state index in [-0.39, 0.29) is 17.8 Å². The van der Waals surface area contributed by atoms with Gasteiger partial charge in [0.25, 0.3) is 5.91 Å². The largest absolute Gasteiger partial charge is 0.508 e. The van der Waals surface area contributed by atoms with Crippen molar-refractivity contribution in [2.24, 2.45) is 17.6 Å². The Morgan fingerprint density at radius 2 is 1.94 bits per heavy atom. The molecule has 3 aliphatic carbocycles. The van der Waals surface area contributed by atoms with Gasteiger partial charge in [-0.3, -0.25) is 19.3 Å². The van der Waals surface area contributed by atoms with E-state index in [0.29, 0.717) is 23.1 Å². The molecule has 0 aromatic heterocycles. The highest BCUT2D eigenvalue weighted by molar-refractivity contribution is 6.24. The van der Waals surface area contributed by atoms with Crippen LogP contribution in [0.1, 0.15) is 28.7 Å². The zero-order valence-electron chi connectivity index (χ0n) is 18.0. The maximum atomic E-state index is 13.7. The van der Waals surface area contributed by atoms with E-state index in [1.54, 1.807) is 33.2 Å². The number of likely N-dealkylation sites (N-methyl/N-ethyl adjacent to an activating group) is 1. The molecule has 0 unspecified atom stereocenters. The number of fused-ring (bicyclic) bond motifs is 3. The van der Waals surface area contributed by atoms with Crippen molar-refractivity contribution >= 4 is 23.2 Å². The fourth-order valence-electron chi connectivity index (χ4n) is 5.57. The van der Waals surface area contributed by atoms with E-state index in [1.165, 1.54) is 4.90 Å². The fraction of sp³-hybridized carbons (Fsp3) is 0.375. The normalized spacial score (nSPS) is 29.4. The van der Waals surface area contributed by atoms with Gasteiger partial charge < -0.3 is 21.1 Å². The lowest BCUT2D eigenvalue weighted by atomic mass is 9.57. The number of aryl methyl sites for hydroxylation is 1. The molecule has 4 rings (SSSR count). The molecule has 0 spiro atoms. The summed E-state index contributed by atoms with van der Waals surface area (Å²) in [7, 11) is 3.15. The zero-order chi connectivity index (χ0) is 23.7. The smallest absolute Gasteiger partial charge is 0.255 e. The van der Waals surface area contributed by atoms with E-state index in [2.05, 4.69) is 5.92 Å². The SMILES string of the molecule is C#Cc1ccc(C)c2c1C[C@H]1C[C@H]3[C@H](N(C)C)C(=O)C(C(N)=O)=C(O)[C@@]3(O)C(=O)C1=C2O. The summed E-state index contributed by atoms with van der Waals surface area (Å²) in [5, 5.41) is 33.5. The lowest BCUT2D eigenvalue weighted by molar-refractivity contribution is -0.153. The molecule has 8 nitrogen and oxygen atoms in total. The number of aliphatic hydroxyl groups excluding tert-OH is 2. The number of benzene rings is 1. The van der Waals surface area contributed by atoms with Crippen LogP contribution in [-0.4, -0.2) is 63.4 Å². The van der Waals surface area contributed by atoms with E-state index in [9.17, 15) is 29.7 Å². The Kier molecular flexibility index (Phi) is 4.81. The maximum Gasteiger partial charge on any atom is 0.255 e. The monoisotopic (exact) mass is 436 g/mol. The van der Waals surface area contributed by atoms with Crippen LogP contribution >= 0.6 is 0 Å². The van der Waals surface area contributed by atoms with Crippen LogP contribution in [0.2, 0.25) is 0 Å². The topological polar surface area (TPSA) is 141 Å². The van der Waals surface area contributed by atoms with Gasteiger partial charge in [-0.15, -0.1) is 6.42 Å². The summed E-state index contributed by atoms with van der Waals surface area (Å²) in [6, 6.07) is 2.44. The van der Waals surface area contributed by atoms with E-state index in [0.717, 1.165) is 5.56 Å². The predicted molar refractivity (Wildman–Crippen MR) is 115 cm³/mol. The molecule has 32 heavy (non-hydrogen) atoms. The van der Waals surface area contributed by atoms with E-state index in [4.69, 9.17) is 12.2 Å². The first kappa shape index (κ1) is 21.8. The van der Waals surface area contributed by atoms with Gasteiger partial charge in [0, 0.05) is 22.6 Å². The number of terminal acetylenes is 1. The summed E-state index contributed by atoms with van der Waals surface area (Å²) in [6.07, 6.45) is 6.07. The second-order valence-corrected chi connectivity index (χ2v) is 8.89. The summed E-state index contributed by atoms with van der Waals surface area (Å²) in [5.41, 5.74) is 4.34. The zero-order valence-corrected chi connectivity index (χ0v) is 18.0. The minimum Gasteiger partial charge on any atom is -0.508 e. The van der Waals surface area contributed by atoms with Crippen molar-refractivity contribution in [3.8, 4) is 12.3 Å². The third-order valence-corrected chi connectivity index (χ3v) is 6.99. The number of ketones is 2. The molecule has 1 saturated carbocycles. The van der Waals surface area contributed by atoms with Crippen LogP contribution < -0.4 is 5.73 Å². The lowest BCUT2D eigenvalue weighted by Gasteiger charge is -2.50. The van der Waals surface area contributed by atoms with Crippen molar-refractivity contribution in [3.05, 3.63) is 51.3 Å². The number of nitrogens with two attached hydrogens (primary N) is 1. The molecule has 0 radical (unpaired) electrons. The van der Waals surface area contributed by atoms with Gasteiger partial charge >= 0.3 is 0 Å². The van der Waals surface area contributed by atoms with Crippen LogP contribution in [0.5, 0.6) is 0 Å². The van der Waals surface area contributed by atoms with E-state index >= 15 is 0 Å². The Morgan fingerprint density at radius 3 is 2.50 bits per heavy atom. The van der Waals surface area contributed by atoms with Crippen LogP contribution in [0.25, 0.3) is 5.76 Å². The van der Waals surface area contributed by atoms with Crippen LogP contribution in [0, 0.1) is 31.1 Å². The first-order valence-electron chi connectivity index (χ1n) is 10.2. The minimum absolute atomic E-state index is 0.0456. The number of carbonyl (C=O) groups is 3. The Morgan fingerprint density at radius 1 is 1.28 bits per heavy atom. The van der Waals surface area contributed by atoms with Gasteiger partial charge in [-0.2, -0.15) is 0 Å². The molecule has 1 fully saturated rings. The molecule has 5 N–H and O–H groups in total. The predicted octanol–water partition coefficient (Wildman–Crippen LogP) is 0.548. The summed E-state index contributed by atoms with van der Waals surface area (Å²) in [6.45, 7) is 1.77. The molecular weight excluding hydrogens is 412 g/mol. The Hall–Kier alpha value is -3.41. The average Bonchev–Trinajstić information content (AvgIpc) is 2.70. The Bertz CT molecular complexity index is 1200. The molecule has 8 heteroatoms. The first-order chi connectivity index (χ1) is 15.0. The van der Waals surface area contributed by atoms with Crippen molar-refractivity contribution in [1.29, 1.82) is 0 Å². The van der Waals surface area contributed by atoms with E-state index < -0.39 is 52.3 Å². The molecule has 166 valence electrons. The second-order valence-electron chi connectivity index (χ2n) is 8.89. The molecule has 0 bridgehead atoms. The van der Waals surface area contributed by atoms with Gasteiger partial charge in [0.05, 0.1) is 6.04 Å². The van der Waals surface area contributed by atoms with Gasteiger partial charge in [0.15, 0.2) is 11.4 Å². The number of hydrogen-bond donors (Lipinski definition) is 4. The Balaban J connectivity index is 2.00. The van der Waals surface area contributed by atoms with Crippen molar-refractivity contribution in [3.63, 3.8) is 0 Å². The summed E-state index contributed by atoms with van der Waals surface area (Å²) >= 11 is 0. The average molecular weight is 436 g/mol. The number of aliphatic hydroxyl groups is 3. The molecule has 0 saturated heterocycles. The minimum atomic E-state index is -2.57. The fourth-order valence-corrected chi connectivity index (χ4v) is 5.57. The number of hydrogen-bond acceptors (Lipinski definition) is 7. The van der Waals surface area contributed by atoms with Crippen molar-refractivity contribution in [1.82, 2.24) is 4.90 Å². The highest BCUT2D eigenvalue weighted by Gasteiger charge is 2.64. The summed E-state index contributed by atoms with van der Waals surface area (Å²) in [4.78, 5) is 40.1. The highest BCUT2D eigenvalue weighted by Crippen LogP contribution is 2.52. The van der Waals surface area contributed by atoms with Gasteiger partial charge in [-0.05, 0) is 57.0 Å². The number of Topliss-reactive ketones (excluding diaryl/α,β-unsaturated/α-hetero) is 2. The second kappa shape index (κ2) is 7.05. The van der Waals surface area contributed by atoms with Crippen LogP contribution in [0.15, 0.2) is 29.0 Å². The van der Waals surface area contributed by atoms with Crippen LogP contribution in [0.4, 0.5) is 0 Å². The van der Waals surface area contributed by atoms with Gasteiger partial charge in [0.2, 0.25) is 5.78 Å². The molecule has 0 heterocycles. The number of carbonyl (C=O) groups excluding carboxylic acids is 3. The summed E-state index contributed by atoms with van der Waals surface area (Å²) < 4.78 is 0. The molecule has 3 aliphatic rings. The highest BCUT2D eigenvalue weighted by atomic mass is 16.3. The Labute approximate surface area is 185 Å². The third kappa shape index (κ3) is 2.62. The number of primary amides is 1. The maximum absolute atomic E-state index is 13.7. The summed E-state index contributed by atoms with van der Waals surface area (Å²) in [5.74, 6) is -3.28. The molecule has 1 aromatic rings. The van der Waals surface area contributed by atoms with Gasteiger partial charge in [0.1, 0.15) is 17.1 Å². The molecule has 4 atom stereocenters. The van der Waals surface area contributed by atoms with Gasteiger partial charge in [-0.1, -0.05) is 12.0 Å². The first-order valence-corrected chi connectivity index (χ1v) is 10.2. The lowest BCUT2D eigenvalue weighted by Crippen LogP contribution is -2.65. The van der Waals surface area contributed by atoms with E-state index in [1.807, 2.05) is 0 Å². The quantitative estimate of drug-likeness (QED) is 0.392. The van der Waals surface area contributed by atoms with Gasteiger partial charge in [-0.25, -0.2) is 0 Å². The molecular formula is C24H24N2O6. The molecule has 1 aromatic carbocycles. The van der Waals surface area contributed by atoms with Crippen molar-refractivity contribution in [2.75, 3.05) is 14.1 Å². The van der Waals surface area contributed by atoms with Crippen LogP contribution in [-0.2, 0) is 20.8 Å². The molecule has 1 amide bonds. The van der Waals surface area contributed by atoms with Crippen molar-refractivity contribution < 1.29 is 29.7 Å². The number of nitrogens with zero attached hydrogens (tertiary/aromatic N) is 1. The standard InChI is InChI=1S/C24H24N2O6/c1-5-11-7-6-10(2)15-13(11)8-12-9-14-18(26(3)4)20(28)17(23(25)31)22(30)24(14,32)21(29)16(12)19(15)27/h1,6-7,12,14,18,27,30,32H,8-9H2,2-4H3,(H2,25,31)/t12-,14-,18-,24-/m0/s1.